The number of nitrogens with zero attached hydrogens (tertiary/aromatic N) is 6. The van der Waals surface area contributed by atoms with Crippen LogP contribution in [0.1, 0.15) is 52.7 Å². The average molecular weight is 901 g/mol. The van der Waals surface area contributed by atoms with Gasteiger partial charge in [-0.3, -0.25) is 4.79 Å². The molecule has 2 aromatic carbocycles. The number of piperidine rings is 2. The molecule has 2 aromatic heterocycles. The second-order valence-corrected chi connectivity index (χ2v) is 16.7. The Balaban J connectivity index is 0.000000228. The van der Waals surface area contributed by atoms with Crippen molar-refractivity contribution < 1.29 is 48.7 Å². The number of nitrogens with one attached hydrogen (secondary N) is 2. The van der Waals surface area contributed by atoms with Gasteiger partial charge in [0.05, 0.1) is 35.8 Å². The first kappa shape index (κ1) is 45.7. The summed E-state index contributed by atoms with van der Waals surface area (Å²) in [6.07, 6.45) is 4.36. The highest BCUT2D eigenvalue weighted by Crippen LogP contribution is 2.30. The lowest BCUT2D eigenvalue weighted by atomic mass is 10.0. The van der Waals surface area contributed by atoms with Crippen LogP contribution in [0.3, 0.4) is 0 Å². The van der Waals surface area contributed by atoms with Crippen LogP contribution < -0.4 is 41.9 Å². The minimum atomic E-state index is -3.73. The Bertz CT molecular complexity index is 2320. The van der Waals surface area contributed by atoms with Crippen LogP contribution in [-0.4, -0.2) is 109 Å². The molecule has 6 rings (SSSR count). The highest BCUT2D eigenvalue weighted by atomic mass is 32.2. The van der Waals surface area contributed by atoms with Crippen molar-refractivity contribution in [3.63, 3.8) is 0 Å². The Labute approximate surface area is 347 Å². The zero-order valence-corrected chi connectivity index (χ0v) is 34.3. The molecule has 0 bridgehead atoms. The molecule has 2 fully saturated rings. The lowest BCUT2D eigenvalue weighted by molar-refractivity contribution is 0.103. The number of carbonyl (C=O) groups is 1. The van der Waals surface area contributed by atoms with E-state index in [2.05, 4.69) is 30.6 Å². The normalized spacial score (nSPS) is 15.7. The van der Waals surface area contributed by atoms with Gasteiger partial charge < -0.3 is 31.6 Å². The topological polar surface area (TPSA) is 290 Å². The number of ether oxygens (including phenoxy) is 2. The molecule has 4 heterocycles. The van der Waals surface area contributed by atoms with E-state index in [-0.39, 0.29) is 94.8 Å². The molecule has 0 saturated carbocycles. The van der Waals surface area contributed by atoms with E-state index in [0.29, 0.717) is 25.7 Å². The van der Waals surface area contributed by atoms with Gasteiger partial charge in [-0.05, 0) is 49.9 Å². The standard InChI is InChI=1S/C17H20F2N6O4S.C17H20F2N6O3S2/c1-29-12-3-2-11(18)14(19)13(12)15(26)10-8-22-17(24-16(10)20)23-9-4-6-25(7-5-9)30(21,27)28;1-28-12-3-2-11(18)14(19)13(12)15(29)10-8-22-17(24-16(10)20)23-9-4-6-25(7-5-9)30(21,26)27/h2-3,8-9H,4-7H2,1H3,(H2,21,27,28)(H3,20,22,23,24);2-3,8-9H,4-7H2,1H3,(H2,21,26,27)(H3,20,22,23,24). The summed E-state index contributed by atoms with van der Waals surface area (Å²) in [5, 5.41) is 16.3. The number of anilines is 4. The van der Waals surface area contributed by atoms with Crippen molar-refractivity contribution in [1.29, 1.82) is 0 Å². The maximum absolute atomic E-state index is 14.3. The van der Waals surface area contributed by atoms with Crippen LogP contribution in [0, 0.1) is 23.3 Å². The van der Waals surface area contributed by atoms with E-state index in [0.717, 1.165) is 24.4 Å². The number of nitrogen functional groups attached to an aromatic ring is 2. The summed E-state index contributed by atoms with van der Waals surface area (Å²) in [7, 11) is -4.91. The molecule has 2 saturated heterocycles. The summed E-state index contributed by atoms with van der Waals surface area (Å²) >= 11 is 5.29. The van der Waals surface area contributed by atoms with Gasteiger partial charge in [0.15, 0.2) is 23.3 Å². The van der Waals surface area contributed by atoms with Crippen LogP contribution in [0.25, 0.3) is 0 Å². The van der Waals surface area contributed by atoms with Crippen molar-refractivity contribution in [3.8, 4) is 11.5 Å². The van der Waals surface area contributed by atoms with Gasteiger partial charge in [-0.15, -0.1) is 0 Å². The van der Waals surface area contributed by atoms with E-state index in [1.54, 1.807) is 0 Å². The summed E-state index contributed by atoms with van der Waals surface area (Å²) < 4.78 is 114. The molecule has 2 aliphatic rings. The number of methoxy groups -OCH3 is 2. The van der Waals surface area contributed by atoms with Gasteiger partial charge >= 0.3 is 0 Å². The Kier molecular flexibility index (Phi) is 14.4. The van der Waals surface area contributed by atoms with Crippen LogP contribution >= 0.6 is 12.2 Å². The van der Waals surface area contributed by atoms with Crippen LogP contribution in [-0.2, 0) is 20.4 Å². The summed E-state index contributed by atoms with van der Waals surface area (Å²) in [5.41, 5.74) is 10.9. The number of halogens is 4. The summed E-state index contributed by atoms with van der Waals surface area (Å²) in [6, 6.07) is 3.96. The fourth-order valence-corrected chi connectivity index (χ4v) is 8.04. The molecule has 0 spiro atoms. The molecule has 26 heteroatoms. The van der Waals surface area contributed by atoms with E-state index in [9.17, 15) is 39.2 Å². The monoisotopic (exact) mass is 900 g/mol. The molecule has 4 aromatic rings. The van der Waals surface area contributed by atoms with Gasteiger partial charge in [0, 0.05) is 50.7 Å². The summed E-state index contributed by atoms with van der Waals surface area (Å²) in [6.45, 7) is 1.02. The van der Waals surface area contributed by atoms with E-state index in [1.807, 2.05) is 0 Å². The van der Waals surface area contributed by atoms with Gasteiger partial charge in [0.25, 0.3) is 20.4 Å². The first-order valence-electron chi connectivity index (χ1n) is 17.7. The molecule has 324 valence electrons. The predicted octanol–water partition coefficient (Wildman–Crippen LogP) is 1.85. The number of hydrogen-bond donors (Lipinski definition) is 6. The fourth-order valence-electron chi connectivity index (χ4n) is 6.25. The van der Waals surface area contributed by atoms with Gasteiger partial charge in [-0.2, -0.15) is 35.4 Å². The van der Waals surface area contributed by atoms with Crippen molar-refractivity contribution in [2.24, 2.45) is 10.3 Å². The molecule has 0 atom stereocenters. The largest absolute Gasteiger partial charge is 0.496 e. The number of benzene rings is 2. The smallest absolute Gasteiger partial charge is 0.276 e. The lowest BCUT2D eigenvalue weighted by Gasteiger charge is -2.30. The van der Waals surface area contributed by atoms with Gasteiger partial charge in [0.2, 0.25) is 17.7 Å². The van der Waals surface area contributed by atoms with E-state index in [1.165, 1.54) is 35.1 Å². The Hall–Kier alpha value is -5.38. The summed E-state index contributed by atoms with van der Waals surface area (Å²) in [4.78, 5) is 28.9. The fraction of sp³-hybridized carbons (Fsp3) is 0.353. The third-order valence-electron chi connectivity index (χ3n) is 9.43. The molecule has 0 radical (unpaired) electrons. The third-order valence-corrected chi connectivity index (χ3v) is 12.0. The maximum Gasteiger partial charge on any atom is 0.276 e. The highest BCUT2D eigenvalue weighted by Gasteiger charge is 2.29. The van der Waals surface area contributed by atoms with Crippen LogP contribution in [0.4, 0.5) is 41.1 Å². The van der Waals surface area contributed by atoms with Crippen LogP contribution in [0.2, 0.25) is 0 Å². The summed E-state index contributed by atoms with van der Waals surface area (Å²) in [5.74, 6) is -5.73. The molecule has 0 unspecified atom stereocenters. The molecule has 60 heavy (non-hydrogen) atoms. The Morgan fingerprint density at radius 2 is 1.08 bits per heavy atom. The van der Waals surface area contributed by atoms with Gasteiger partial charge in [-0.25, -0.2) is 37.8 Å². The zero-order valence-electron chi connectivity index (χ0n) is 31.9. The number of ketones is 1. The number of nitrogens with two attached hydrogens (primary N) is 4. The van der Waals surface area contributed by atoms with Crippen molar-refractivity contribution in [3.05, 3.63) is 82.2 Å². The maximum atomic E-state index is 14.3. The van der Waals surface area contributed by atoms with Crippen LogP contribution in [0.5, 0.6) is 11.5 Å². The van der Waals surface area contributed by atoms with Crippen molar-refractivity contribution in [1.82, 2.24) is 28.5 Å². The minimum Gasteiger partial charge on any atom is -0.496 e. The number of aromatic nitrogens is 4. The predicted molar refractivity (Wildman–Crippen MR) is 216 cm³/mol. The van der Waals surface area contributed by atoms with Crippen molar-refractivity contribution >= 4 is 66.8 Å². The Morgan fingerprint density at radius 3 is 1.47 bits per heavy atom. The van der Waals surface area contributed by atoms with Crippen molar-refractivity contribution in [2.45, 2.75) is 37.8 Å². The van der Waals surface area contributed by atoms with E-state index >= 15 is 0 Å². The van der Waals surface area contributed by atoms with E-state index in [4.69, 9.17) is 43.4 Å². The Morgan fingerprint density at radius 1 is 0.700 bits per heavy atom. The second kappa shape index (κ2) is 18.9. The van der Waals surface area contributed by atoms with Crippen LogP contribution in [0.15, 0.2) is 36.7 Å². The molecular weight excluding hydrogens is 861 g/mol. The van der Waals surface area contributed by atoms with E-state index < -0.39 is 55.0 Å². The highest BCUT2D eigenvalue weighted by molar-refractivity contribution is 7.87. The number of thiocarbonyl (C=S) groups is 1. The zero-order chi connectivity index (χ0) is 44.1. The molecule has 0 amide bonds. The van der Waals surface area contributed by atoms with Gasteiger partial charge in [-0.1, -0.05) is 12.2 Å². The van der Waals surface area contributed by atoms with Gasteiger partial charge in [0.1, 0.15) is 28.7 Å². The minimum absolute atomic E-state index is 0.0230. The number of rotatable bonds is 12. The average Bonchev–Trinajstić information content (AvgIpc) is 3.19. The SMILES string of the molecule is COc1ccc(F)c(F)c1C(=O)c1cnc(NC2CCN(S(N)(=O)=O)CC2)nc1N.COc1ccc(F)c(F)c1C(=S)c1cnc(NC2CCN(S(N)(=O)=O)CC2)nc1N. The quantitative estimate of drug-likeness (QED) is 0.0672. The molecule has 0 aliphatic carbocycles. The molecule has 19 nitrogen and oxygen atoms in total. The molecule has 10 N–H and O–H groups in total. The second-order valence-electron chi connectivity index (χ2n) is 13.2. The first-order valence-corrected chi connectivity index (χ1v) is 21.1. The first-order chi connectivity index (χ1) is 28.2. The number of hydrogen-bond acceptors (Lipinski definition) is 16. The lowest BCUT2D eigenvalue weighted by Crippen LogP contribution is -2.45. The third kappa shape index (κ3) is 10.7. The number of carbonyl (C=O) groups excluding carboxylic acids is 1. The molecular formula is C34H40F4N12O7S3. The molecule has 2 aliphatic heterocycles. The van der Waals surface area contributed by atoms with Crippen molar-refractivity contribution in [2.75, 3.05) is 62.5 Å².